The van der Waals surface area contributed by atoms with Crippen molar-refractivity contribution in [2.75, 3.05) is 25.6 Å². The molecule has 2 rings (SSSR count). The SMILES string of the molecule is C=CC(=O)NCCOc1cccc(NC(=O)c2ccc(OC)cc2)c1. The zero-order valence-corrected chi connectivity index (χ0v) is 14.0. The third kappa shape index (κ3) is 5.69. The third-order valence-corrected chi connectivity index (χ3v) is 3.30. The van der Waals surface area contributed by atoms with Crippen molar-refractivity contribution in [3.8, 4) is 11.5 Å². The van der Waals surface area contributed by atoms with Crippen molar-refractivity contribution in [2.24, 2.45) is 0 Å². The summed E-state index contributed by atoms with van der Waals surface area (Å²) in [5, 5.41) is 5.43. The zero-order chi connectivity index (χ0) is 18.1. The van der Waals surface area contributed by atoms with E-state index in [1.807, 2.05) is 0 Å². The second kappa shape index (κ2) is 9.12. The van der Waals surface area contributed by atoms with Crippen LogP contribution in [0.15, 0.2) is 61.2 Å². The Balaban J connectivity index is 1.90. The summed E-state index contributed by atoms with van der Waals surface area (Å²) in [5.41, 5.74) is 1.15. The summed E-state index contributed by atoms with van der Waals surface area (Å²) < 4.78 is 10.6. The second-order valence-corrected chi connectivity index (χ2v) is 5.05. The molecule has 2 N–H and O–H groups in total. The van der Waals surface area contributed by atoms with E-state index in [1.54, 1.807) is 55.6 Å². The fourth-order valence-corrected chi connectivity index (χ4v) is 2.02. The fraction of sp³-hybridized carbons (Fsp3) is 0.158. The van der Waals surface area contributed by atoms with Gasteiger partial charge in [-0.05, 0) is 42.5 Å². The van der Waals surface area contributed by atoms with E-state index in [1.165, 1.54) is 6.08 Å². The van der Waals surface area contributed by atoms with Crippen LogP contribution in [-0.4, -0.2) is 32.1 Å². The van der Waals surface area contributed by atoms with Crippen LogP contribution in [0.4, 0.5) is 5.69 Å². The fourth-order valence-electron chi connectivity index (χ4n) is 2.02. The lowest BCUT2D eigenvalue weighted by Crippen LogP contribution is -2.26. The van der Waals surface area contributed by atoms with E-state index in [4.69, 9.17) is 9.47 Å². The highest BCUT2D eigenvalue weighted by atomic mass is 16.5. The summed E-state index contributed by atoms with van der Waals surface area (Å²) in [6, 6.07) is 13.9. The number of rotatable bonds is 8. The maximum absolute atomic E-state index is 12.2. The first kappa shape index (κ1) is 18.1. The molecular formula is C19H20N2O4. The van der Waals surface area contributed by atoms with Crippen LogP contribution in [0.1, 0.15) is 10.4 Å². The predicted octanol–water partition coefficient (Wildman–Crippen LogP) is 2.63. The standard InChI is InChI=1S/C19H20N2O4/c1-3-18(22)20-11-12-25-17-6-4-5-15(13-17)21-19(23)14-7-9-16(24-2)10-8-14/h3-10,13H,1,11-12H2,2H3,(H,20,22)(H,21,23). The van der Waals surface area contributed by atoms with Crippen molar-refractivity contribution >= 4 is 17.5 Å². The van der Waals surface area contributed by atoms with Gasteiger partial charge in [0.25, 0.3) is 5.91 Å². The van der Waals surface area contributed by atoms with Gasteiger partial charge >= 0.3 is 0 Å². The van der Waals surface area contributed by atoms with Crippen molar-refractivity contribution in [3.05, 3.63) is 66.7 Å². The van der Waals surface area contributed by atoms with Crippen molar-refractivity contribution in [1.82, 2.24) is 5.32 Å². The van der Waals surface area contributed by atoms with E-state index in [-0.39, 0.29) is 11.8 Å². The van der Waals surface area contributed by atoms with Gasteiger partial charge in [0.2, 0.25) is 5.91 Å². The van der Waals surface area contributed by atoms with E-state index in [2.05, 4.69) is 17.2 Å². The molecule has 0 aliphatic carbocycles. The average molecular weight is 340 g/mol. The molecule has 2 aromatic rings. The lowest BCUT2D eigenvalue weighted by atomic mass is 10.2. The molecule has 0 spiro atoms. The first-order valence-corrected chi connectivity index (χ1v) is 7.71. The third-order valence-electron chi connectivity index (χ3n) is 3.30. The Hall–Kier alpha value is -3.28. The minimum Gasteiger partial charge on any atom is -0.497 e. The molecule has 130 valence electrons. The van der Waals surface area contributed by atoms with Crippen LogP contribution in [0.2, 0.25) is 0 Å². The summed E-state index contributed by atoms with van der Waals surface area (Å²) in [7, 11) is 1.57. The molecule has 2 amide bonds. The van der Waals surface area contributed by atoms with E-state index >= 15 is 0 Å². The molecule has 0 saturated carbocycles. The number of benzene rings is 2. The van der Waals surface area contributed by atoms with E-state index < -0.39 is 0 Å². The highest BCUT2D eigenvalue weighted by Gasteiger charge is 2.07. The molecule has 0 radical (unpaired) electrons. The van der Waals surface area contributed by atoms with Gasteiger partial charge in [0.1, 0.15) is 18.1 Å². The molecular weight excluding hydrogens is 320 g/mol. The number of anilines is 1. The maximum Gasteiger partial charge on any atom is 0.255 e. The molecule has 0 saturated heterocycles. The number of carbonyl (C=O) groups excluding carboxylic acids is 2. The van der Waals surface area contributed by atoms with Crippen molar-refractivity contribution in [2.45, 2.75) is 0 Å². The van der Waals surface area contributed by atoms with Gasteiger partial charge in [-0.1, -0.05) is 12.6 Å². The summed E-state index contributed by atoms with van der Waals surface area (Å²) in [4.78, 5) is 23.3. The normalized spacial score (nSPS) is 9.80. The van der Waals surface area contributed by atoms with Crippen molar-refractivity contribution < 1.29 is 19.1 Å². The highest BCUT2D eigenvalue weighted by molar-refractivity contribution is 6.04. The van der Waals surface area contributed by atoms with Crippen molar-refractivity contribution in [3.63, 3.8) is 0 Å². The molecule has 6 heteroatoms. The van der Waals surface area contributed by atoms with Gasteiger partial charge in [0.15, 0.2) is 0 Å². The quantitative estimate of drug-likeness (QED) is 0.572. The smallest absolute Gasteiger partial charge is 0.255 e. The van der Waals surface area contributed by atoms with E-state index in [9.17, 15) is 9.59 Å². The first-order chi connectivity index (χ1) is 12.1. The molecule has 25 heavy (non-hydrogen) atoms. The van der Waals surface area contributed by atoms with Gasteiger partial charge in [0.05, 0.1) is 13.7 Å². The van der Waals surface area contributed by atoms with Crippen molar-refractivity contribution in [1.29, 1.82) is 0 Å². The highest BCUT2D eigenvalue weighted by Crippen LogP contribution is 2.19. The van der Waals surface area contributed by atoms with Gasteiger partial charge in [-0.2, -0.15) is 0 Å². The Bertz CT molecular complexity index is 741. The average Bonchev–Trinajstić information content (AvgIpc) is 2.65. The molecule has 0 aromatic heterocycles. The number of methoxy groups -OCH3 is 1. The Labute approximate surface area is 146 Å². The molecule has 0 fully saturated rings. The number of hydrogen-bond donors (Lipinski definition) is 2. The summed E-state index contributed by atoms with van der Waals surface area (Å²) >= 11 is 0. The Morgan fingerprint density at radius 3 is 2.56 bits per heavy atom. The van der Waals surface area contributed by atoms with Crippen LogP contribution in [0.25, 0.3) is 0 Å². The predicted molar refractivity (Wildman–Crippen MR) is 96.1 cm³/mol. The lowest BCUT2D eigenvalue weighted by Gasteiger charge is -2.10. The van der Waals surface area contributed by atoms with Crippen LogP contribution in [0.3, 0.4) is 0 Å². The van der Waals surface area contributed by atoms with Gasteiger partial charge < -0.3 is 20.1 Å². The van der Waals surface area contributed by atoms with Gasteiger partial charge in [-0.3, -0.25) is 9.59 Å². The van der Waals surface area contributed by atoms with Crippen LogP contribution < -0.4 is 20.1 Å². The van der Waals surface area contributed by atoms with Crippen LogP contribution >= 0.6 is 0 Å². The topological polar surface area (TPSA) is 76.7 Å². The summed E-state index contributed by atoms with van der Waals surface area (Å²) in [5.74, 6) is 0.818. The van der Waals surface area contributed by atoms with Crippen LogP contribution in [0.5, 0.6) is 11.5 Å². The number of ether oxygens (including phenoxy) is 2. The minimum absolute atomic E-state index is 0.224. The molecule has 0 unspecified atom stereocenters. The first-order valence-electron chi connectivity index (χ1n) is 7.71. The summed E-state index contributed by atoms with van der Waals surface area (Å²) in [6.45, 7) is 4.05. The molecule has 0 aliphatic rings. The largest absolute Gasteiger partial charge is 0.497 e. The Morgan fingerprint density at radius 2 is 1.88 bits per heavy atom. The second-order valence-electron chi connectivity index (χ2n) is 5.05. The molecule has 0 atom stereocenters. The minimum atomic E-state index is -0.246. The van der Waals surface area contributed by atoms with Gasteiger partial charge in [-0.25, -0.2) is 0 Å². The maximum atomic E-state index is 12.2. The van der Waals surface area contributed by atoms with E-state index in [0.717, 1.165) is 0 Å². The van der Waals surface area contributed by atoms with Crippen LogP contribution in [0, 0.1) is 0 Å². The number of amides is 2. The van der Waals surface area contributed by atoms with Gasteiger partial charge in [0, 0.05) is 17.3 Å². The number of nitrogens with one attached hydrogen (secondary N) is 2. The number of hydrogen-bond acceptors (Lipinski definition) is 4. The molecule has 0 aliphatic heterocycles. The van der Waals surface area contributed by atoms with Gasteiger partial charge in [-0.15, -0.1) is 0 Å². The Kier molecular flexibility index (Phi) is 6.59. The van der Waals surface area contributed by atoms with E-state index in [0.29, 0.717) is 35.9 Å². The Morgan fingerprint density at radius 1 is 1.12 bits per heavy atom. The lowest BCUT2D eigenvalue weighted by molar-refractivity contribution is -0.116. The molecule has 0 heterocycles. The monoisotopic (exact) mass is 340 g/mol. The number of carbonyl (C=O) groups is 2. The molecule has 0 bridgehead atoms. The molecule has 6 nitrogen and oxygen atoms in total. The zero-order valence-electron chi connectivity index (χ0n) is 14.0. The summed E-state index contributed by atoms with van der Waals surface area (Å²) in [6.07, 6.45) is 1.20. The molecule has 2 aromatic carbocycles. The van der Waals surface area contributed by atoms with Crippen LogP contribution in [-0.2, 0) is 4.79 Å².